The predicted molar refractivity (Wildman–Crippen MR) is 87.0 cm³/mol. The molecule has 1 aromatic rings. The first-order valence-electron chi connectivity index (χ1n) is 8.17. The zero-order chi connectivity index (χ0) is 14.4. The van der Waals surface area contributed by atoms with E-state index in [0.29, 0.717) is 5.41 Å². The molecule has 2 nitrogen and oxygen atoms in total. The van der Waals surface area contributed by atoms with Gasteiger partial charge in [-0.15, -0.1) is 0 Å². The molecule has 0 spiro atoms. The van der Waals surface area contributed by atoms with Gasteiger partial charge in [-0.2, -0.15) is 0 Å². The first-order chi connectivity index (χ1) is 9.73. The van der Waals surface area contributed by atoms with Crippen LogP contribution in [0.4, 0.5) is 0 Å². The molecule has 2 heteroatoms. The third-order valence-electron chi connectivity index (χ3n) is 5.04. The van der Waals surface area contributed by atoms with E-state index in [-0.39, 0.29) is 0 Å². The van der Waals surface area contributed by atoms with Crippen LogP contribution in [-0.4, -0.2) is 31.6 Å². The molecule has 0 amide bonds. The Morgan fingerprint density at radius 3 is 2.50 bits per heavy atom. The molecule has 20 heavy (non-hydrogen) atoms. The highest BCUT2D eigenvalue weighted by atomic mass is 15.1. The van der Waals surface area contributed by atoms with E-state index >= 15 is 0 Å². The summed E-state index contributed by atoms with van der Waals surface area (Å²) >= 11 is 0. The number of hydrogen-bond donors (Lipinski definition) is 1. The third kappa shape index (κ3) is 3.62. The standard InChI is InChI=1S/C18H30N2/c1-4-18(5-2,14-19-3)15-20-12-8-11-16-9-6-7-10-17(16)13-20/h6-7,9-10,19H,4-5,8,11-15H2,1-3H3. The van der Waals surface area contributed by atoms with E-state index in [2.05, 4.69) is 55.4 Å². The van der Waals surface area contributed by atoms with E-state index in [4.69, 9.17) is 0 Å². The SMILES string of the molecule is CCC(CC)(CNC)CN1CCCc2ccccc2C1. The van der Waals surface area contributed by atoms with Crippen molar-refractivity contribution in [3.8, 4) is 0 Å². The number of hydrogen-bond acceptors (Lipinski definition) is 2. The Hall–Kier alpha value is -0.860. The summed E-state index contributed by atoms with van der Waals surface area (Å²) in [5, 5.41) is 3.41. The summed E-state index contributed by atoms with van der Waals surface area (Å²) in [4.78, 5) is 2.68. The molecule has 1 aromatic carbocycles. The fraction of sp³-hybridized carbons (Fsp3) is 0.667. The number of nitrogens with zero attached hydrogens (tertiary/aromatic N) is 1. The first kappa shape index (κ1) is 15.5. The fourth-order valence-corrected chi connectivity index (χ4v) is 3.53. The highest BCUT2D eigenvalue weighted by Crippen LogP contribution is 2.29. The molecular formula is C18H30N2. The minimum Gasteiger partial charge on any atom is -0.319 e. The molecular weight excluding hydrogens is 244 g/mol. The lowest BCUT2D eigenvalue weighted by atomic mass is 9.81. The summed E-state index contributed by atoms with van der Waals surface area (Å²) in [5.74, 6) is 0. The van der Waals surface area contributed by atoms with Crippen molar-refractivity contribution in [1.29, 1.82) is 0 Å². The fourth-order valence-electron chi connectivity index (χ4n) is 3.53. The molecule has 0 saturated heterocycles. The van der Waals surface area contributed by atoms with Crippen molar-refractivity contribution in [2.75, 3.05) is 26.7 Å². The van der Waals surface area contributed by atoms with E-state index in [1.54, 1.807) is 5.56 Å². The molecule has 0 atom stereocenters. The van der Waals surface area contributed by atoms with Gasteiger partial charge in [0.1, 0.15) is 0 Å². The van der Waals surface area contributed by atoms with Gasteiger partial charge >= 0.3 is 0 Å². The molecule has 1 N–H and O–H groups in total. The zero-order valence-corrected chi connectivity index (χ0v) is 13.4. The van der Waals surface area contributed by atoms with Crippen molar-refractivity contribution in [2.45, 2.75) is 46.1 Å². The van der Waals surface area contributed by atoms with Gasteiger partial charge in [-0.3, -0.25) is 4.90 Å². The van der Waals surface area contributed by atoms with E-state index in [1.807, 2.05) is 0 Å². The lowest BCUT2D eigenvalue weighted by Crippen LogP contribution is -2.42. The largest absolute Gasteiger partial charge is 0.319 e. The maximum absolute atomic E-state index is 3.41. The van der Waals surface area contributed by atoms with Crippen LogP contribution in [0.1, 0.15) is 44.2 Å². The molecule has 1 heterocycles. The highest BCUT2D eigenvalue weighted by Gasteiger charge is 2.28. The summed E-state index contributed by atoms with van der Waals surface area (Å²) in [7, 11) is 2.08. The van der Waals surface area contributed by atoms with Crippen LogP contribution in [0.25, 0.3) is 0 Å². The van der Waals surface area contributed by atoms with Crippen molar-refractivity contribution in [3.63, 3.8) is 0 Å². The molecule has 0 bridgehead atoms. The third-order valence-corrected chi connectivity index (χ3v) is 5.04. The van der Waals surface area contributed by atoms with Crippen LogP contribution in [-0.2, 0) is 13.0 Å². The smallest absolute Gasteiger partial charge is 0.0236 e. The quantitative estimate of drug-likeness (QED) is 0.854. The van der Waals surface area contributed by atoms with Crippen LogP contribution >= 0.6 is 0 Å². The Kier molecular flexibility index (Phi) is 5.62. The number of aryl methyl sites for hydroxylation is 1. The van der Waals surface area contributed by atoms with Gasteiger partial charge in [0, 0.05) is 19.6 Å². The van der Waals surface area contributed by atoms with E-state index in [0.717, 1.165) is 13.1 Å². The van der Waals surface area contributed by atoms with Crippen LogP contribution in [0.2, 0.25) is 0 Å². The molecule has 2 rings (SSSR count). The van der Waals surface area contributed by atoms with Crippen molar-refractivity contribution >= 4 is 0 Å². The van der Waals surface area contributed by atoms with Crippen LogP contribution in [0, 0.1) is 5.41 Å². The second-order valence-electron chi connectivity index (χ2n) is 6.32. The average molecular weight is 274 g/mol. The molecule has 0 saturated carbocycles. The minimum atomic E-state index is 0.425. The molecule has 112 valence electrons. The number of rotatable bonds is 6. The molecule has 1 aliphatic rings. The lowest BCUT2D eigenvalue weighted by molar-refractivity contribution is 0.132. The summed E-state index contributed by atoms with van der Waals surface area (Å²) in [6.07, 6.45) is 5.04. The van der Waals surface area contributed by atoms with Crippen LogP contribution in [0.5, 0.6) is 0 Å². The molecule has 0 fully saturated rings. The van der Waals surface area contributed by atoms with Gasteiger partial charge in [0.25, 0.3) is 0 Å². The Labute approximate surface area is 124 Å². The molecule has 0 aromatic heterocycles. The predicted octanol–water partition coefficient (Wildman–Crippen LogP) is 3.46. The van der Waals surface area contributed by atoms with Crippen LogP contribution in [0.3, 0.4) is 0 Å². The first-order valence-corrected chi connectivity index (χ1v) is 8.17. The normalized spacial score (nSPS) is 16.8. The Morgan fingerprint density at radius 2 is 1.85 bits per heavy atom. The lowest BCUT2D eigenvalue weighted by Gasteiger charge is -2.37. The van der Waals surface area contributed by atoms with Crippen molar-refractivity contribution in [1.82, 2.24) is 10.2 Å². The number of fused-ring (bicyclic) bond motifs is 1. The molecule has 0 radical (unpaired) electrons. The average Bonchev–Trinajstić information content (AvgIpc) is 2.68. The second kappa shape index (κ2) is 7.24. The Morgan fingerprint density at radius 1 is 1.15 bits per heavy atom. The topological polar surface area (TPSA) is 15.3 Å². The van der Waals surface area contributed by atoms with E-state index in [9.17, 15) is 0 Å². The van der Waals surface area contributed by atoms with Crippen molar-refractivity contribution in [3.05, 3.63) is 35.4 Å². The number of benzene rings is 1. The van der Waals surface area contributed by atoms with Gasteiger partial charge in [-0.1, -0.05) is 38.1 Å². The minimum absolute atomic E-state index is 0.425. The van der Waals surface area contributed by atoms with E-state index < -0.39 is 0 Å². The maximum Gasteiger partial charge on any atom is 0.0236 e. The van der Waals surface area contributed by atoms with Crippen molar-refractivity contribution in [2.24, 2.45) is 5.41 Å². The highest BCUT2D eigenvalue weighted by molar-refractivity contribution is 5.28. The van der Waals surface area contributed by atoms with E-state index in [1.165, 1.54) is 44.3 Å². The Bertz CT molecular complexity index is 410. The summed E-state index contributed by atoms with van der Waals surface area (Å²) < 4.78 is 0. The monoisotopic (exact) mass is 274 g/mol. The van der Waals surface area contributed by atoms with Crippen LogP contribution < -0.4 is 5.32 Å². The second-order valence-corrected chi connectivity index (χ2v) is 6.32. The van der Waals surface area contributed by atoms with Gasteiger partial charge in [0.15, 0.2) is 0 Å². The summed E-state index contributed by atoms with van der Waals surface area (Å²) in [6.45, 7) is 9.38. The van der Waals surface area contributed by atoms with Gasteiger partial charge < -0.3 is 5.32 Å². The Balaban J connectivity index is 2.09. The van der Waals surface area contributed by atoms with Crippen molar-refractivity contribution < 1.29 is 0 Å². The molecule has 1 aliphatic heterocycles. The van der Waals surface area contributed by atoms with Gasteiger partial charge in [-0.25, -0.2) is 0 Å². The summed E-state index contributed by atoms with van der Waals surface area (Å²) in [6, 6.07) is 8.98. The summed E-state index contributed by atoms with van der Waals surface area (Å²) in [5.41, 5.74) is 3.52. The van der Waals surface area contributed by atoms with Gasteiger partial charge in [0.2, 0.25) is 0 Å². The maximum atomic E-state index is 3.41. The van der Waals surface area contributed by atoms with Crippen LogP contribution in [0.15, 0.2) is 24.3 Å². The number of nitrogens with one attached hydrogen (secondary N) is 1. The zero-order valence-electron chi connectivity index (χ0n) is 13.4. The van der Waals surface area contributed by atoms with Gasteiger partial charge in [0.05, 0.1) is 0 Å². The molecule has 0 unspecified atom stereocenters. The molecule has 0 aliphatic carbocycles. The van der Waals surface area contributed by atoms with Gasteiger partial charge in [-0.05, 0) is 55.8 Å².